The molecule has 1 saturated carbocycles. The molecule has 20 heavy (non-hydrogen) atoms. The summed E-state index contributed by atoms with van der Waals surface area (Å²) in [7, 11) is 2.09. The summed E-state index contributed by atoms with van der Waals surface area (Å²) in [5, 5.41) is 4.38. The van der Waals surface area contributed by atoms with Crippen LogP contribution in [0.3, 0.4) is 0 Å². The summed E-state index contributed by atoms with van der Waals surface area (Å²) in [6, 6.07) is 2.29. The highest BCUT2D eigenvalue weighted by Gasteiger charge is 2.27. The average Bonchev–Trinajstić information content (AvgIpc) is 2.42. The topological polar surface area (TPSA) is 28.2 Å². The molecule has 2 rings (SSSR count). The molecule has 1 aromatic rings. The molecule has 0 saturated heterocycles. The van der Waals surface area contributed by atoms with E-state index in [0.717, 1.165) is 12.4 Å². The van der Waals surface area contributed by atoms with Crippen LogP contribution in [0, 0.1) is 5.92 Å². The molecule has 3 nitrogen and oxygen atoms in total. The Kier molecular flexibility index (Phi) is 5.39. The highest BCUT2D eigenvalue weighted by atomic mass is 35.5. The first-order valence-electron chi connectivity index (χ1n) is 7.37. The lowest BCUT2D eigenvalue weighted by Gasteiger charge is -2.37. The lowest BCUT2D eigenvalue weighted by molar-refractivity contribution is 0.320. The molecular formula is C15H23Cl2N3. The van der Waals surface area contributed by atoms with Crippen molar-refractivity contribution in [3.8, 4) is 0 Å². The summed E-state index contributed by atoms with van der Waals surface area (Å²) in [5.41, 5.74) is 0. The molecule has 2 unspecified atom stereocenters. The number of anilines is 2. The smallest absolute Gasteiger partial charge is 0.149 e. The van der Waals surface area contributed by atoms with E-state index in [9.17, 15) is 0 Å². The normalized spacial score (nSPS) is 22.6. The molecule has 0 spiro atoms. The zero-order chi connectivity index (χ0) is 14.7. The first-order valence-corrected chi connectivity index (χ1v) is 8.13. The minimum Gasteiger partial charge on any atom is -0.369 e. The number of hydrogen-bond acceptors (Lipinski definition) is 3. The fourth-order valence-electron chi connectivity index (χ4n) is 3.02. The highest BCUT2D eigenvalue weighted by Crippen LogP contribution is 2.35. The fraction of sp³-hybridized carbons (Fsp3) is 0.667. The molecule has 0 amide bonds. The van der Waals surface area contributed by atoms with E-state index in [-0.39, 0.29) is 0 Å². The van der Waals surface area contributed by atoms with Gasteiger partial charge in [0.05, 0.1) is 10.0 Å². The molecule has 0 aliphatic heterocycles. The highest BCUT2D eigenvalue weighted by molar-refractivity contribution is 6.37. The Morgan fingerprint density at radius 2 is 2.00 bits per heavy atom. The van der Waals surface area contributed by atoms with Crippen LogP contribution in [-0.4, -0.2) is 24.6 Å². The van der Waals surface area contributed by atoms with E-state index in [4.69, 9.17) is 23.2 Å². The van der Waals surface area contributed by atoms with Crippen molar-refractivity contribution < 1.29 is 0 Å². The Labute approximate surface area is 131 Å². The van der Waals surface area contributed by atoms with Crippen molar-refractivity contribution in [2.75, 3.05) is 23.8 Å². The van der Waals surface area contributed by atoms with Crippen molar-refractivity contribution in [3.05, 3.63) is 16.1 Å². The summed E-state index contributed by atoms with van der Waals surface area (Å²) in [6.45, 7) is 5.13. The molecule has 1 N–H and O–H groups in total. The number of rotatable bonds is 4. The van der Waals surface area contributed by atoms with Gasteiger partial charge in [-0.05, 0) is 31.7 Å². The van der Waals surface area contributed by atoms with Gasteiger partial charge in [-0.1, -0.05) is 43.0 Å². The van der Waals surface area contributed by atoms with Crippen LogP contribution >= 0.6 is 23.2 Å². The van der Waals surface area contributed by atoms with E-state index in [1.54, 1.807) is 6.07 Å². The van der Waals surface area contributed by atoms with Gasteiger partial charge in [0.25, 0.3) is 0 Å². The van der Waals surface area contributed by atoms with E-state index in [1.807, 2.05) is 6.92 Å². The van der Waals surface area contributed by atoms with Gasteiger partial charge in [0.1, 0.15) is 11.6 Å². The van der Waals surface area contributed by atoms with Gasteiger partial charge < -0.3 is 10.2 Å². The maximum absolute atomic E-state index is 6.35. The van der Waals surface area contributed by atoms with E-state index in [1.165, 1.54) is 25.7 Å². The van der Waals surface area contributed by atoms with Crippen molar-refractivity contribution in [2.24, 2.45) is 5.92 Å². The van der Waals surface area contributed by atoms with Crippen LogP contribution in [0.15, 0.2) is 6.07 Å². The predicted molar refractivity (Wildman–Crippen MR) is 88.2 cm³/mol. The summed E-state index contributed by atoms with van der Waals surface area (Å²) in [6.07, 6.45) is 5.09. The summed E-state index contributed by atoms with van der Waals surface area (Å²) in [4.78, 5) is 6.85. The Morgan fingerprint density at radius 1 is 1.30 bits per heavy atom. The fourth-order valence-corrected chi connectivity index (χ4v) is 3.58. The van der Waals surface area contributed by atoms with Crippen LogP contribution in [0.4, 0.5) is 11.6 Å². The second-order valence-electron chi connectivity index (χ2n) is 5.59. The van der Waals surface area contributed by atoms with Gasteiger partial charge in [-0.2, -0.15) is 0 Å². The molecule has 0 aromatic carbocycles. The number of hydrogen-bond donors (Lipinski definition) is 1. The van der Waals surface area contributed by atoms with Gasteiger partial charge in [-0.15, -0.1) is 0 Å². The van der Waals surface area contributed by atoms with Gasteiger partial charge in [0.15, 0.2) is 0 Å². The Bertz CT molecular complexity index is 465. The lowest BCUT2D eigenvalue weighted by atomic mass is 9.85. The maximum Gasteiger partial charge on any atom is 0.149 e. The van der Waals surface area contributed by atoms with Gasteiger partial charge in [-0.25, -0.2) is 4.98 Å². The SMILES string of the molecule is CCNc1nc(N(C)C2CCCCC2C)c(Cl)cc1Cl. The zero-order valence-electron chi connectivity index (χ0n) is 12.4. The van der Waals surface area contributed by atoms with Crippen molar-refractivity contribution in [1.29, 1.82) is 0 Å². The van der Waals surface area contributed by atoms with Gasteiger partial charge in [0, 0.05) is 19.6 Å². The van der Waals surface area contributed by atoms with Crippen molar-refractivity contribution in [3.63, 3.8) is 0 Å². The predicted octanol–water partition coefficient (Wildman–Crippen LogP) is 4.84. The maximum atomic E-state index is 6.35. The third-order valence-corrected chi connectivity index (χ3v) is 4.72. The Hall–Kier alpha value is -0.670. The Morgan fingerprint density at radius 3 is 2.65 bits per heavy atom. The molecule has 1 fully saturated rings. The third-order valence-electron chi connectivity index (χ3n) is 4.15. The second-order valence-corrected chi connectivity index (χ2v) is 6.41. The molecule has 1 heterocycles. The molecule has 0 bridgehead atoms. The number of aromatic nitrogens is 1. The number of halogens is 2. The van der Waals surface area contributed by atoms with Crippen LogP contribution in [0.2, 0.25) is 10.0 Å². The van der Waals surface area contributed by atoms with Crippen LogP contribution in [0.5, 0.6) is 0 Å². The van der Waals surface area contributed by atoms with Gasteiger partial charge in [-0.3, -0.25) is 0 Å². The van der Waals surface area contributed by atoms with Gasteiger partial charge in [0.2, 0.25) is 0 Å². The molecule has 2 atom stereocenters. The quantitative estimate of drug-likeness (QED) is 0.862. The van der Waals surface area contributed by atoms with Crippen LogP contribution in [0.25, 0.3) is 0 Å². The van der Waals surface area contributed by atoms with Crippen molar-refractivity contribution in [1.82, 2.24) is 4.98 Å². The van der Waals surface area contributed by atoms with Crippen molar-refractivity contribution in [2.45, 2.75) is 45.6 Å². The lowest BCUT2D eigenvalue weighted by Crippen LogP contribution is -2.39. The minimum atomic E-state index is 0.504. The Balaban J connectivity index is 2.28. The summed E-state index contributed by atoms with van der Waals surface area (Å²) >= 11 is 12.5. The van der Waals surface area contributed by atoms with Crippen molar-refractivity contribution >= 4 is 34.8 Å². The minimum absolute atomic E-state index is 0.504. The first kappa shape index (κ1) is 15.7. The summed E-state index contributed by atoms with van der Waals surface area (Å²) < 4.78 is 0. The van der Waals surface area contributed by atoms with E-state index < -0.39 is 0 Å². The molecular weight excluding hydrogens is 293 g/mol. The monoisotopic (exact) mass is 315 g/mol. The van der Waals surface area contributed by atoms with E-state index >= 15 is 0 Å². The molecule has 0 radical (unpaired) electrons. The molecule has 5 heteroatoms. The standard InChI is InChI=1S/C15H23Cl2N3/c1-4-18-14-11(16)9-12(17)15(19-14)20(3)13-8-6-5-7-10(13)2/h9-10,13H,4-8H2,1-3H3,(H,18,19). The third kappa shape index (κ3) is 3.32. The number of nitrogens with zero attached hydrogens (tertiary/aromatic N) is 2. The van der Waals surface area contributed by atoms with Gasteiger partial charge >= 0.3 is 0 Å². The van der Waals surface area contributed by atoms with E-state index in [0.29, 0.717) is 27.8 Å². The van der Waals surface area contributed by atoms with Crippen LogP contribution in [0.1, 0.15) is 39.5 Å². The van der Waals surface area contributed by atoms with E-state index in [2.05, 4.69) is 29.2 Å². The van der Waals surface area contributed by atoms with Crippen LogP contribution < -0.4 is 10.2 Å². The molecule has 1 aliphatic rings. The number of pyridine rings is 1. The van der Waals surface area contributed by atoms with Crippen LogP contribution in [-0.2, 0) is 0 Å². The second kappa shape index (κ2) is 6.86. The first-order chi connectivity index (χ1) is 9.54. The summed E-state index contributed by atoms with van der Waals surface area (Å²) in [5.74, 6) is 2.21. The number of nitrogens with one attached hydrogen (secondary N) is 1. The molecule has 1 aliphatic carbocycles. The largest absolute Gasteiger partial charge is 0.369 e. The molecule has 1 aromatic heterocycles. The zero-order valence-corrected chi connectivity index (χ0v) is 13.9. The average molecular weight is 316 g/mol. The molecule has 112 valence electrons.